The minimum absolute atomic E-state index is 0.0925. The van der Waals surface area contributed by atoms with Crippen LogP contribution in [-0.4, -0.2) is 38.5 Å². The lowest BCUT2D eigenvalue weighted by atomic mass is 10.1. The van der Waals surface area contributed by atoms with Crippen LogP contribution in [-0.2, 0) is 18.9 Å². The van der Waals surface area contributed by atoms with Gasteiger partial charge in [0.2, 0.25) is 11.6 Å². The zero-order valence-corrected chi connectivity index (χ0v) is 12.5. The van der Waals surface area contributed by atoms with Crippen LogP contribution in [0.15, 0.2) is 9.66 Å². The lowest BCUT2D eigenvalue weighted by Crippen LogP contribution is -2.62. The molecule has 94 valence electrons. The third-order valence-electron chi connectivity index (χ3n) is 3.16. The summed E-state index contributed by atoms with van der Waals surface area (Å²) in [5.74, 6) is -1.80. The molecule has 0 spiro atoms. The van der Waals surface area contributed by atoms with Gasteiger partial charge in [-0.15, -0.1) is 0 Å². The maximum atomic E-state index is 5.94. The lowest BCUT2D eigenvalue weighted by Gasteiger charge is -2.49. The summed E-state index contributed by atoms with van der Waals surface area (Å²) in [6, 6.07) is 0. The molecule has 3 atom stereocenters. The van der Waals surface area contributed by atoms with Crippen LogP contribution in [0.4, 0.5) is 0 Å². The zero-order chi connectivity index (χ0) is 12.4. The van der Waals surface area contributed by atoms with E-state index in [9.17, 15) is 0 Å². The number of hydrogen-bond donors (Lipinski definition) is 0. The van der Waals surface area contributed by atoms with Crippen LogP contribution in [0.5, 0.6) is 0 Å². The van der Waals surface area contributed by atoms with Crippen molar-refractivity contribution in [2.24, 2.45) is 0 Å². The number of methoxy groups -OCH3 is 2. The third-order valence-corrected chi connectivity index (χ3v) is 4.14. The summed E-state index contributed by atoms with van der Waals surface area (Å²) in [4.78, 5) is 0. The van der Waals surface area contributed by atoms with Crippen LogP contribution in [0, 0.1) is 0 Å². The molecule has 1 saturated heterocycles. The first kappa shape index (κ1) is 14.4. The van der Waals surface area contributed by atoms with Crippen molar-refractivity contribution >= 4 is 22.6 Å². The van der Waals surface area contributed by atoms with E-state index in [-0.39, 0.29) is 6.10 Å². The van der Waals surface area contributed by atoms with Gasteiger partial charge in [-0.1, -0.05) is 22.6 Å². The summed E-state index contributed by atoms with van der Waals surface area (Å²) in [6.07, 6.45) is -0.0925. The standard InChI is InChI=1S/C11H19IO4/c1-8(6-12)9-7-15-10(2,13-4)11(3,14-5)16-9/h6,9H,7H2,1-5H3/b8-6-/t9-,10-,11-/m1/s1. The SMILES string of the molecule is CO[C@]1(C)OC[C@H](/C(C)=C\I)O[C@@]1(C)OC. The molecule has 0 unspecified atom stereocenters. The van der Waals surface area contributed by atoms with Crippen molar-refractivity contribution < 1.29 is 18.9 Å². The Morgan fingerprint density at radius 2 is 1.88 bits per heavy atom. The van der Waals surface area contributed by atoms with Gasteiger partial charge in [0, 0.05) is 14.2 Å². The molecule has 0 radical (unpaired) electrons. The molecule has 4 nitrogen and oxygen atoms in total. The second kappa shape index (κ2) is 5.30. The fourth-order valence-electron chi connectivity index (χ4n) is 1.55. The second-order valence-electron chi connectivity index (χ2n) is 4.07. The summed E-state index contributed by atoms with van der Waals surface area (Å²) in [6.45, 7) is 6.11. The monoisotopic (exact) mass is 342 g/mol. The van der Waals surface area contributed by atoms with E-state index in [0.717, 1.165) is 5.57 Å². The molecule has 0 aromatic rings. The minimum atomic E-state index is -0.911. The Morgan fingerprint density at radius 1 is 1.31 bits per heavy atom. The number of hydrogen-bond acceptors (Lipinski definition) is 4. The molecule has 1 fully saturated rings. The molecule has 1 aliphatic rings. The first-order chi connectivity index (χ1) is 7.42. The van der Waals surface area contributed by atoms with Crippen molar-refractivity contribution in [3.05, 3.63) is 9.66 Å². The van der Waals surface area contributed by atoms with Crippen LogP contribution in [0.3, 0.4) is 0 Å². The predicted molar refractivity (Wildman–Crippen MR) is 69.4 cm³/mol. The predicted octanol–water partition coefficient (Wildman–Crippen LogP) is 2.47. The fourth-order valence-corrected chi connectivity index (χ4v) is 1.95. The van der Waals surface area contributed by atoms with Crippen LogP contribution in [0.25, 0.3) is 0 Å². The number of halogens is 1. The summed E-state index contributed by atoms with van der Waals surface area (Å²) in [5, 5.41) is 0. The fraction of sp³-hybridized carbons (Fsp3) is 0.818. The van der Waals surface area contributed by atoms with Gasteiger partial charge in [-0.05, 0) is 30.4 Å². The topological polar surface area (TPSA) is 36.9 Å². The van der Waals surface area contributed by atoms with E-state index in [2.05, 4.69) is 22.6 Å². The van der Waals surface area contributed by atoms with E-state index >= 15 is 0 Å². The average Bonchev–Trinajstić information content (AvgIpc) is 2.31. The average molecular weight is 342 g/mol. The van der Waals surface area contributed by atoms with Crippen molar-refractivity contribution in [3.63, 3.8) is 0 Å². The Morgan fingerprint density at radius 3 is 2.31 bits per heavy atom. The highest BCUT2D eigenvalue weighted by atomic mass is 127. The highest BCUT2D eigenvalue weighted by molar-refractivity contribution is 14.1. The molecule has 1 aliphatic heterocycles. The maximum Gasteiger partial charge on any atom is 0.220 e. The zero-order valence-electron chi connectivity index (χ0n) is 10.4. The van der Waals surface area contributed by atoms with Gasteiger partial charge in [0.1, 0.15) is 6.10 Å². The molecule has 0 aromatic heterocycles. The lowest BCUT2D eigenvalue weighted by molar-refractivity contribution is -0.426. The first-order valence-corrected chi connectivity index (χ1v) is 6.36. The summed E-state index contributed by atoms with van der Waals surface area (Å²) < 4.78 is 24.4. The van der Waals surface area contributed by atoms with Gasteiger partial charge in [-0.2, -0.15) is 0 Å². The third kappa shape index (κ3) is 2.43. The van der Waals surface area contributed by atoms with Gasteiger partial charge in [-0.3, -0.25) is 0 Å². The van der Waals surface area contributed by atoms with Gasteiger partial charge < -0.3 is 18.9 Å². The smallest absolute Gasteiger partial charge is 0.220 e. The van der Waals surface area contributed by atoms with Gasteiger partial charge in [-0.25, -0.2) is 0 Å². The number of rotatable bonds is 3. The molecule has 5 heteroatoms. The molecule has 0 N–H and O–H groups in total. The normalized spacial score (nSPS) is 41.1. The van der Waals surface area contributed by atoms with Crippen LogP contribution >= 0.6 is 22.6 Å². The van der Waals surface area contributed by atoms with Crippen LogP contribution < -0.4 is 0 Å². The molecule has 1 rings (SSSR count). The van der Waals surface area contributed by atoms with E-state index < -0.39 is 11.6 Å². The largest absolute Gasteiger partial charge is 0.349 e. The molecule has 16 heavy (non-hydrogen) atoms. The Labute approximate surface area is 110 Å². The highest BCUT2D eigenvalue weighted by Crippen LogP contribution is 2.37. The van der Waals surface area contributed by atoms with E-state index in [1.807, 2.05) is 24.9 Å². The van der Waals surface area contributed by atoms with E-state index in [1.165, 1.54) is 0 Å². The molecule has 0 amide bonds. The Kier molecular flexibility index (Phi) is 4.76. The summed E-state index contributed by atoms with van der Waals surface area (Å²) >= 11 is 2.19. The molecule has 1 heterocycles. The molecule has 0 aromatic carbocycles. The van der Waals surface area contributed by atoms with Gasteiger partial charge >= 0.3 is 0 Å². The molecule has 0 saturated carbocycles. The quantitative estimate of drug-likeness (QED) is 0.739. The highest BCUT2D eigenvalue weighted by Gasteiger charge is 2.53. The van der Waals surface area contributed by atoms with E-state index in [1.54, 1.807) is 14.2 Å². The Hall–Kier alpha value is 0.310. The Bertz CT molecular complexity index is 281. The van der Waals surface area contributed by atoms with Crippen molar-refractivity contribution in [1.29, 1.82) is 0 Å². The molecular formula is C11H19IO4. The van der Waals surface area contributed by atoms with Crippen LogP contribution in [0.2, 0.25) is 0 Å². The van der Waals surface area contributed by atoms with Gasteiger partial charge in [0.15, 0.2) is 0 Å². The first-order valence-electron chi connectivity index (χ1n) is 5.11. The van der Waals surface area contributed by atoms with E-state index in [4.69, 9.17) is 18.9 Å². The van der Waals surface area contributed by atoms with E-state index in [0.29, 0.717) is 6.61 Å². The Balaban J connectivity index is 2.90. The van der Waals surface area contributed by atoms with Crippen molar-refractivity contribution in [3.8, 4) is 0 Å². The van der Waals surface area contributed by atoms with Crippen LogP contribution in [0.1, 0.15) is 20.8 Å². The van der Waals surface area contributed by atoms with Crippen molar-refractivity contribution in [1.82, 2.24) is 0 Å². The molecule has 0 bridgehead atoms. The minimum Gasteiger partial charge on any atom is -0.349 e. The summed E-state index contributed by atoms with van der Waals surface area (Å²) in [5.41, 5.74) is 1.11. The van der Waals surface area contributed by atoms with Gasteiger partial charge in [0.05, 0.1) is 6.61 Å². The van der Waals surface area contributed by atoms with Gasteiger partial charge in [0.25, 0.3) is 0 Å². The maximum absolute atomic E-state index is 5.94. The van der Waals surface area contributed by atoms with Crippen molar-refractivity contribution in [2.75, 3.05) is 20.8 Å². The molecular weight excluding hydrogens is 323 g/mol. The summed E-state index contributed by atoms with van der Waals surface area (Å²) in [7, 11) is 3.17. The second-order valence-corrected chi connectivity index (χ2v) is 4.69. The number of ether oxygens (including phenoxy) is 4. The van der Waals surface area contributed by atoms with Crippen molar-refractivity contribution in [2.45, 2.75) is 38.4 Å². The molecule has 0 aliphatic carbocycles.